The normalized spacial score (nSPS) is 17.2. The van der Waals surface area contributed by atoms with Gasteiger partial charge >= 0.3 is 0 Å². The van der Waals surface area contributed by atoms with Gasteiger partial charge in [-0.3, -0.25) is 0 Å². The molecule has 2 heteroatoms. The quantitative estimate of drug-likeness (QED) is 0.785. The van der Waals surface area contributed by atoms with Crippen LogP contribution in [0.15, 0.2) is 72.1 Å². The van der Waals surface area contributed by atoms with Crippen molar-refractivity contribution in [3.63, 3.8) is 0 Å². The Hall–Kier alpha value is -2.48. The van der Waals surface area contributed by atoms with Crippen LogP contribution < -0.4 is 0 Å². The Bertz CT molecular complexity index is 647. The molecule has 1 atom stereocenters. The fraction of sp³-hybridized carbons (Fsp3) is 0.0588. The Kier molecular flexibility index (Phi) is 3.07. The minimum Gasteiger partial charge on any atom is -0.489 e. The van der Waals surface area contributed by atoms with Crippen molar-refractivity contribution in [2.75, 3.05) is 0 Å². The average molecular weight is 250 g/mol. The molecule has 0 radical (unpaired) electrons. The third-order valence-corrected chi connectivity index (χ3v) is 3.06. The van der Waals surface area contributed by atoms with Gasteiger partial charge in [0.05, 0.1) is 12.5 Å². The van der Waals surface area contributed by atoms with Crippen molar-refractivity contribution in [1.29, 1.82) is 0 Å². The molecule has 94 valence electrons. The first-order valence-electron chi connectivity index (χ1n) is 6.17. The van der Waals surface area contributed by atoms with Crippen LogP contribution in [0.4, 0.5) is 0 Å². The maximum atomic E-state index is 5.63. The molecule has 0 saturated heterocycles. The van der Waals surface area contributed by atoms with Crippen LogP contribution in [0.5, 0.6) is 0 Å². The zero-order valence-electron chi connectivity index (χ0n) is 10.5. The monoisotopic (exact) mass is 250 g/mol. The van der Waals surface area contributed by atoms with Gasteiger partial charge in [-0.15, -0.1) is 0 Å². The molecule has 2 aromatic rings. The van der Waals surface area contributed by atoms with Gasteiger partial charge in [-0.1, -0.05) is 36.9 Å². The molecule has 2 nitrogen and oxygen atoms in total. The lowest BCUT2D eigenvalue weighted by atomic mass is 10.1. The zero-order valence-corrected chi connectivity index (χ0v) is 10.5. The highest BCUT2D eigenvalue weighted by Crippen LogP contribution is 2.29. The topological polar surface area (TPSA) is 22.4 Å². The molecule has 1 aromatic heterocycles. The number of hydrogen-bond donors (Lipinski definition) is 0. The average Bonchev–Trinajstić information content (AvgIpc) is 2.98. The largest absolute Gasteiger partial charge is 0.489 e. The SMILES string of the molecule is C=Cc1cccc(-c2cc(C3C=CC=CO3)co2)c1. The van der Waals surface area contributed by atoms with Gasteiger partial charge in [0, 0.05) is 11.1 Å². The van der Waals surface area contributed by atoms with Crippen LogP contribution in [0.2, 0.25) is 0 Å². The van der Waals surface area contributed by atoms with Crippen LogP contribution in [-0.2, 0) is 4.74 Å². The number of allylic oxidation sites excluding steroid dienone is 2. The van der Waals surface area contributed by atoms with Crippen molar-refractivity contribution >= 4 is 6.08 Å². The van der Waals surface area contributed by atoms with Crippen molar-refractivity contribution in [3.8, 4) is 11.3 Å². The Balaban J connectivity index is 1.90. The first-order valence-corrected chi connectivity index (χ1v) is 6.17. The predicted octanol–water partition coefficient (Wildman–Crippen LogP) is 4.73. The van der Waals surface area contributed by atoms with Gasteiger partial charge in [0.25, 0.3) is 0 Å². The molecule has 1 aliphatic rings. The number of ether oxygens (including phenoxy) is 1. The maximum absolute atomic E-state index is 5.63. The van der Waals surface area contributed by atoms with E-state index >= 15 is 0 Å². The second-order valence-electron chi connectivity index (χ2n) is 4.34. The van der Waals surface area contributed by atoms with Crippen molar-refractivity contribution < 1.29 is 9.15 Å². The highest BCUT2D eigenvalue weighted by molar-refractivity contribution is 5.63. The number of furan rings is 1. The van der Waals surface area contributed by atoms with E-state index in [-0.39, 0.29) is 6.10 Å². The van der Waals surface area contributed by atoms with Crippen LogP contribution >= 0.6 is 0 Å². The molecule has 0 amide bonds. The smallest absolute Gasteiger partial charge is 0.144 e. The van der Waals surface area contributed by atoms with E-state index < -0.39 is 0 Å². The molecular formula is C17H14O2. The first-order chi connectivity index (χ1) is 9.36. The molecule has 0 N–H and O–H groups in total. The van der Waals surface area contributed by atoms with E-state index in [4.69, 9.17) is 9.15 Å². The summed E-state index contributed by atoms with van der Waals surface area (Å²) in [5.74, 6) is 0.838. The molecule has 19 heavy (non-hydrogen) atoms. The van der Waals surface area contributed by atoms with Crippen molar-refractivity contribution in [2.45, 2.75) is 6.10 Å². The van der Waals surface area contributed by atoms with E-state index in [1.807, 2.05) is 54.6 Å². The Morgan fingerprint density at radius 2 is 2.11 bits per heavy atom. The summed E-state index contributed by atoms with van der Waals surface area (Å²) in [6.45, 7) is 3.78. The lowest BCUT2D eigenvalue weighted by Gasteiger charge is -2.12. The molecule has 0 fully saturated rings. The maximum Gasteiger partial charge on any atom is 0.144 e. The Morgan fingerprint density at radius 1 is 1.16 bits per heavy atom. The van der Waals surface area contributed by atoms with Crippen molar-refractivity contribution in [2.24, 2.45) is 0 Å². The summed E-state index contributed by atoms with van der Waals surface area (Å²) < 4.78 is 11.1. The van der Waals surface area contributed by atoms with Gasteiger partial charge in [-0.25, -0.2) is 0 Å². The summed E-state index contributed by atoms with van der Waals surface area (Å²) in [4.78, 5) is 0. The molecule has 1 aromatic carbocycles. The molecular weight excluding hydrogens is 236 g/mol. The van der Waals surface area contributed by atoms with E-state index in [1.54, 1.807) is 12.5 Å². The van der Waals surface area contributed by atoms with E-state index in [2.05, 4.69) is 6.58 Å². The van der Waals surface area contributed by atoms with Crippen LogP contribution in [-0.4, -0.2) is 0 Å². The van der Waals surface area contributed by atoms with Crippen molar-refractivity contribution in [1.82, 2.24) is 0 Å². The molecule has 0 bridgehead atoms. The predicted molar refractivity (Wildman–Crippen MR) is 76.3 cm³/mol. The zero-order chi connectivity index (χ0) is 13.1. The summed E-state index contributed by atoms with van der Waals surface area (Å²) in [7, 11) is 0. The third-order valence-electron chi connectivity index (χ3n) is 3.06. The number of benzene rings is 1. The fourth-order valence-electron chi connectivity index (χ4n) is 2.05. The van der Waals surface area contributed by atoms with E-state index in [9.17, 15) is 0 Å². The molecule has 3 rings (SSSR count). The third kappa shape index (κ3) is 2.38. The van der Waals surface area contributed by atoms with Crippen molar-refractivity contribution in [3.05, 3.63) is 78.8 Å². The number of rotatable bonds is 3. The van der Waals surface area contributed by atoms with E-state index in [0.717, 1.165) is 22.5 Å². The lowest BCUT2D eigenvalue weighted by Crippen LogP contribution is -1.97. The second-order valence-corrected chi connectivity index (χ2v) is 4.34. The summed E-state index contributed by atoms with van der Waals surface area (Å²) in [6.07, 6.45) is 11.0. The molecule has 1 unspecified atom stereocenters. The van der Waals surface area contributed by atoms with Gasteiger partial charge < -0.3 is 9.15 Å². The van der Waals surface area contributed by atoms with Gasteiger partial charge in [0.1, 0.15) is 11.9 Å². The van der Waals surface area contributed by atoms with Crippen LogP contribution in [0.1, 0.15) is 17.2 Å². The van der Waals surface area contributed by atoms with Gasteiger partial charge in [-0.2, -0.15) is 0 Å². The summed E-state index contributed by atoms with van der Waals surface area (Å²) >= 11 is 0. The summed E-state index contributed by atoms with van der Waals surface area (Å²) in [6, 6.07) is 10.1. The molecule has 1 aliphatic heterocycles. The highest BCUT2D eigenvalue weighted by atomic mass is 16.5. The van der Waals surface area contributed by atoms with Gasteiger partial charge in [0.15, 0.2) is 0 Å². The first kappa shape index (κ1) is 11.6. The molecule has 0 aliphatic carbocycles. The van der Waals surface area contributed by atoms with Crippen LogP contribution in [0.3, 0.4) is 0 Å². The standard InChI is InChI=1S/C17H14O2/c1-2-13-6-5-7-14(10-13)17-11-15(12-19-17)16-8-3-4-9-18-16/h2-12,16H,1H2. The van der Waals surface area contributed by atoms with E-state index in [1.165, 1.54) is 0 Å². The lowest BCUT2D eigenvalue weighted by molar-refractivity contribution is 0.185. The molecule has 2 heterocycles. The molecule has 0 saturated carbocycles. The fourth-order valence-corrected chi connectivity index (χ4v) is 2.05. The minimum absolute atomic E-state index is 0.0647. The summed E-state index contributed by atoms with van der Waals surface area (Å²) in [5, 5.41) is 0. The molecule has 0 spiro atoms. The van der Waals surface area contributed by atoms with Crippen LogP contribution in [0.25, 0.3) is 17.4 Å². The Labute approximate surface area is 112 Å². The van der Waals surface area contributed by atoms with Gasteiger partial charge in [-0.05, 0) is 29.8 Å². The minimum atomic E-state index is -0.0647. The van der Waals surface area contributed by atoms with E-state index in [0.29, 0.717) is 0 Å². The number of hydrogen-bond acceptors (Lipinski definition) is 2. The summed E-state index contributed by atoms with van der Waals surface area (Å²) in [5.41, 5.74) is 3.13. The van der Waals surface area contributed by atoms with Gasteiger partial charge in [0.2, 0.25) is 0 Å². The highest BCUT2D eigenvalue weighted by Gasteiger charge is 2.14. The second kappa shape index (κ2) is 5.02. The van der Waals surface area contributed by atoms with Crippen LogP contribution in [0, 0.1) is 0 Å². The Morgan fingerprint density at radius 3 is 2.89 bits per heavy atom.